The standard InChI is InChI=1S/C25H25ClN2O5S/c26-22-10-9-21(34-22)24(30)28-12-11-27-23(29)18-2-1-17-14-20(8-5-16(17)13-18)33-19-6-3-15(4-7-19)25(31)32/h1-2,5,8-10,13-15,19H,3-4,6-7,11-12H2,(H,27,29)(H,28,30)(H,31,32)/t15-,19+. The van der Waals surface area contributed by atoms with Gasteiger partial charge in [0.25, 0.3) is 11.8 Å². The molecule has 3 N–H and O–H groups in total. The first-order valence-corrected chi connectivity index (χ1v) is 12.3. The van der Waals surface area contributed by atoms with E-state index in [-0.39, 0.29) is 23.8 Å². The molecule has 1 aliphatic rings. The number of hydrogen-bond acceptors (Lipinski definition) is 5. The maximum absolute atomic E-state index is 12.5. The Morgan fingerprint density at radius 3 is 2.26 bits per heavy atom. The largest absolute Gasteiger partial charge is 0.490 e. The molecule has 0 saturated heterocycles. The van der Waals surface area contributed by atoms with Crippen LogP contribution in [-0.2, 0) is 4.79 Å². The highest BCUT2D eigenvalue weighted by Crippen LogP contribution is 2.29. The van der Waals surface area contributed by atoms with E-state index >= 15 is 0 Å². The van der Waals surface area contributed by atoms with Crippen LogP contribution in [0.4, 0.5) is 0 Å². The van der Waals surface area contributed by atoms with E-state index in [4.69, 9.17) is 21.4 Å². The van der Waals surface area contributed by atoms with Crippen LogP contribution in [-0.4, -0.2) is 42.1 Å². The summed E-state index contributed by atoms with van der Waals surface area (Å²) in [6.45, 7) is 0.612. The first kappa shape index (κ1) is 24.0. The van der Waals surface area contributed by atoms with E-state index in [9.17, 15) is 14.4 Å². The van der Waals surface area contributed by atoms with Gasteiger partial charge in [-0.25, -0.2) is 0 Å². The fourth-order valence-electron chi connectivity index (χ4n) is 4.04. The minimum absolute atomic E-state index is 0.0235. The molecular formula is C25H25ClN2O5S. The average molecular weight is 501 g/mol. The number of rotatable bonds is 8. The van der Waals surface area contributed by atoms with Crippen molar-refractivity contribution >= 4 is 51.5 Å². The molecule has 9 heteroatoms. The maximum atomic E-state index is 12.5. The van der Waals surface area contributed by atoms with Gasteiger partial charge < -0.3 is 20.5 Å². The lowest BCUT2D eigenvalue weighted by Gasteiger charge is -2.26. The SMILES string of the molecule is O=C(NCCNC(=O)c1ccc(Cl)s1)c1ccc2cc(O[C@H]3CC[C@@H](C(=O)O)CC3)ccc2c1. The summed E-state index contributed by atoms with van der Waals surface area (Å²) in [5, 5.41) is 16.6. The van der Waals surface area contributed by atoms with Crippen LogP contribution in [0.15, 0.2) is 48.5 Å². The van der Waals surface area contributed by atoms with Crippen LogP contribution in [0, 0.1) is 5.92 Å². The molecular weight excluding hydrogens is 476 g/mol. The van der Waals surface area contributed by atoms with Gasteiger partial charge in [0, 0.05) is 18.7 Å². The van der Waals surface area contributed by atoms with Gasteiger partial charge in [-0.1, -0.05) is 23.7 Å². The predicted octanol–water partition coefficient (Wildman–Crippen LogP) is 4.74. The number of amides is 2. The van der Waals surface area contributed by atoms with Crippen molar-refractivity contribution in [1.29, 1.82) is 0 Å². The molecule has 0 spiro atoms. The summed E-state index contributed by atoms with van der Waals surface area (Å²) in [4.78, 5) is 36.1. The average Bonchev–Trinajstić information content (AvgIpc) is 3.28. The maximum Gasteiger partial charge on any atom is 0.306 e. The highest BCUT2D eigenvalue weighted by molar-refractivity contribution is 7.18. The van der Waals surface area contributed by atoms with Crippen LogP contribution in [0.1, 0.15) is 45.7 Å². The lowest BCUT2D eigenvalue weighted by molar-refractivity contribution is -0.143. The van der Waals surface area contributed by atoms with Crippen LogP contribution >= 0.6 is 22.9 Å². The van der Waals surface area contributed by atoms with Gasteiger partial charge in [0.2, 0.25) is 0 Å². The number of ether oxygens (including phenoxy) is 1. The lowest BCUT2D eigenvalue weighted by Crippen LogP contribution is -2.34. The lowest BCUT2D eigenvalue weighted by atomic mass is 9.87. The Labute approximate surface area is 206 Å². The topological polar surface area (TPSA) is 105 Å². The third-order valence-corrected chi connectivity index (χ3v) is 7.12. The molecule has 1 aromatic heterocycles. The normalized spacial score (nSPS) is 17.8. The van der Waals surface area contributed by atoms with E-state index < -0.39 is 5.97 Å². The summed E-state index contributed by atoms with van der Waals surface area (Å²) in [6, 6.07) is 14.5. The molecule has 0 radical (unpaired) electrons. The van der Waals surface area contributed by atoms with E-state index in [1.54, 1.807) is 18.2 Å². The minimum atomic E-state index is -0.725. The Kier molecular flexibility index (Phi) is 7.70. The first-order valence-electron chi connectivity index (χ1n) is 11.1. The fourth-order valence-corrected chi connectivity index (χ4v) is 5.00. The summed E-state index contributed by atoms with van der Waals surface area (Å²) < 4.78 is 6.63. The summed E-state index contributed by atoms with van der Waals surface area (Å²) in [5.74, 6) is -0.684. The second-order valence-corrected chi connectivity index (χ2v) is 9.98. The molecule has 34 heavy (non-hydrogen) atoms. The Morgan fingerprint density at radius 1 is 0.912 bits per heavy atom. The third kappa shape index (κ3) is 6.07. The number of nitrogens with one attached hydrogen (secondary N) is 2. The van der Waals surface area contributed by atoms with Crippen molar-refractivity contribution in [3.8, 4) is 5.75 Å². The van der Waals surface area contributed by atoms with Crippen LogP contribution in [0.2, 0.25) is 4.34 Å². The van der Waals surface area contributed by atoms with E-state index in [1.165, 1.54) is 11.3 Å². The Bertz CT molecular complexity index is 1200. The zero-order valence-electron chi connectivity index (χ0n) is 18.4. The van der Waals surface area contributed by atoms with Gasteiger partial charge in [-0.3, -0.25) is 14.4 Å². The van der Waals surface area contributed by atoms with Crippen molar-refractivity contribution in [2.45, 2.75) is 31.8 Å². The van der Waals surface area contributed by atoms with Gasteiger partial charge in [-0.05, 0) is 72.9 Å². The quantitative estimate of drug-likeness (QED) is 0.387. The van der Waals surface area contributed by atoms with Gasteiger partial charge in [-0.2, -0.15) is 0 Å². The molecule has 178 valence electrons. The molecule has 1 aliphatic carbocycles. The van der Waals surface area contributed by atoms with Gasteiger partial charge in [0.05, 0.1) is 21.2 Å². The van der Waals surface area contributed by atoms with Crippen molar-refractivity contribution in [2.75, 3.05) is 13.1 Å². The van der Waals surface area contributed by atoms with Crippen molar-refractivity contribution in [2.24, 2.45) is 5.92 Å². The number of halogens is 1. The van der Waals surface area contributed by atoms with Crippen LogP contribution in [0.3, 0.4) is 0 Å². The molecule has 7 nitrogen and oxygen atoms in total. The van der Waals surface area contributed by atoms with Crippen LogP contribution in [0.25, 0.3) is 10.8 Å². The predicted molar refractivity (Wildman–Crippen MR) is 132 cm³/mol. The Hall–Kier alpha value is -3.10. The second kappa shape index (κ2) is 10.9. The number of fused-ring (bicyclic) bond motifs is 1. The molecule has 0 unspecified atom stereocenters. The number of benzene rings is 2. The molecule has 2 amide bonds. The molecule has 1 saturated carbocycles. The van der Waals surface area contributed by atoms with E-state index in [2.05, 4.69) is 10.6 Å². The summed E-state index contributed by atoms with van der Waals surface area (Å²) >= 11 is 7.05. The number of aliphatic carboxylic acids is 1. The molecule has 0 aliphatic heterocycles. The Morgan fingerprint density at radius 2 is 1.59 bits per heavy atom. The zero-order chi connectivity index (χ0) is 24.1. The molecule has 2 aromatic carbocycles. The van der Waals surface area contributed by atoms with Crippen molar-refractivity contribution in [3.05, 3.63) is 63.3 Å². The highest BCUT2D eigenvalue weighted by atomic mass is 35.5. The van der Waals surface area contributed by atoms with Crippen molar-refractivity contribution in [3.63, 3.8) is 0 Å². The van der Waals surface area contributed by atoms with Crippen LogP contribution < -0.4 is 15.4 Å². The molecule has 0 bridgehead atoms. The summed E-state index contributed by atoms with van der Waals surface area (Å²) in [6.07, 6.45) is 2.76. The summed E-state index contributed by atoms with van der Waals surface area (Å²) in [5.41, 5.74) is 0.532. The fraction of sp³-hybridized carbons (Fsp3) is 0.320. The smallest absolute Gasteiger partial charge is 0.306 e. The van der Waals surface area contributed by atoms with E-state index in [1.807, 2.05) is 30.3 Å². The monoisotopic (exact) mass is 500 g/mol. The zero-order valence-corrected chi connectivity index (χ0v) is 20.0. The third-order valence-electron chi connectivity index (χ3n) is 5.89. The molecule has 1 fully saturated rings. The van der Waals surface area contributed by atoms with E-state index in [0.29, 0.717) is 40.7 Å². The molecule has 4 rings (SSSR count). The second-order valence-electron chi connectivity index (χ2n) is 8.27. The van der Waals surface area contributed by atoms with Gasteiger partial charge >= 0.3 is 5.97 Å². The molecule has 0 atom stereocenters. The minimum Gasteiger partial charge on any atom is -0.490 e. The number of carboxylic acids is 1. The number of carbonyl (C=O) groups is 3. The molecule has 1 heterocycles. The number of thiophene rings is 1. The van der Waals surface area contributed by atoms with Gasteiger partial charge in [-0.15, -0.1) is 11.3 Å². The highest BCUT2D eigenvalue weighted by Gasteiger charge is 2.26. The first-order chi connectivity index (χ1) is 16.4. The number of carboxylic acid groups (broad SMARTS) is 1. The number of carbonyl (C=O) groups excluding carboxylic acids is 2. The van der Waals surface area contributed by atoms with Crippen LogP contribution in [0.5, 0.6) is 5.75 Å². The van der Waals surface area contributed by atoms with Gasteiger partial charge in [0.15, 0.2) is 0 Å². The van der Waals surface area contributed by atoms with E-state index in [0.717, 1.165) is 29.4 Å². The summed E-state index contributed by atoms with van der Waals surface area (Å²) in [7, 11) is 0. The number of hydrogen-bond donors (Lipinski definition) is 3. The van der Waals surface area contributed by atoms with Crippen molar-refractivity contribution < 1.29 is 24.2 Å². The van der Waals surface area contributed by atoms with Crippen molar-refractivity contribution in [1.82, 2.24) is 10.6 Å². The van der Waals surface area contributed by atoms with Gasteiger partial charge in [0.1, 0.15) is 5.75 Å². The molecule has 3 aromatic rings. The Balaban J connectivity index is 1.28.